The Morgan fingerprint density at radius 3 is 2.86 bits per heavy atom. The Balaban J connectivity index is 2.81. The topological polar surface area (TPSA) is 20.2 Å². The molecule has 3 heteroatoms. The maximum atomic E-state index is 9.71. The van der Waals surface area contributed by atoms with E-state index in [4.69, 9.17) is 11.6 Å². The molecule has 2 rings (SSSR count). The quantitative estimate of drug-likeness (QED) is 0.770. The smallest absolute Gasteiger partial charge is 0.134 e. The molecule has 1 aromatic heterocycles. The molecule has 0 amide bonds. The van der Waals surface area contributed by atoms with Crippen molar-refractivity contribution in [2.75, 3.05) is 0 Å². The van der Waals surface area contributed by atoms with Gasteiger partial charge in [0.05, 0.1) is 0 Å². The van der Waals surface area contributed by atoms with Gasteiger partial charge in [0.2, 0.25) is 0 Å². The van der Waals surface area contributed by atoms with E-state index in [0.717, 1.165) is 22.1 Å². The first-order valence-electron chi connectivity index (χ1n) is 4.54. The molecule has 0 saturated heterocycles. The van der Waals surface area contributed by atoms with Crippen LogP contribution >= 0.6 is 22.9 Å². The third kappa shape index (κ3) is 1.39. The molecule has 0 fully saturated rings. The van der Waals surface area contributed by atoms with Crippen LogP contribution < -0.4 is 0 Å². The molecular weight excluding hydrogens is 216 g/mol. The summed E-state index contributed by atoms with van der Waals surface area (Å²) in [6.07, 6.45) is 0.906. The van der Waals surface area contributed by atoms with Gasteiger partial charge in [-0.15, -0.1) is 22.9 Å². The van der Waals surface area contributed by atoms with Crippen molar-refractivity contribution in [3.05, 3.63) is 28.6 Å². The van der Waals surface area contributed by atoms with E-state index >= 15 is 0 Å². The second-order valence-corrected chi connectivity index (χ2v) is 4.36. The minimum Gasteiger partial charge on any atom is -0.506 e. The van der Waals surface area contributed by atoms with Gasteiger partial charge in [0.1, 0.15) is 5.75 Å². The average Bonchev–Trinajstić information content (AvgIpc) is 2.59. The van der Waals surface area contributed by atoms with Crippen molar-refractivity contribution in [1.29, 1.82) is 0 Å². The Hall–Kier alpha value is -0.730. The zero-order chi connectivity index (χ0) is 10.1. The Morgan fingerprint density at radius 1 is 1.43 bits per heavy atom. The van der Waals surface area contributed by atoms with E-state index in [1.807, 2.05) is 12.1 Å². The second-order valence-electron chi connectivity index (χ2n) is 3.18. The minimum atomic E-state index is 0.383. The van der Waals surface area contributed by atoms with Gasteiger partial charge in [0.25, 0.3) is 0 Å². The fraction of sp³-hybridized carbons (Fsp3) is 0.273. The third-order valence-corrected chi connectivity index (χ3v) is 3.65. The highest BCUT2D eigenvalue weighted by Gasteiger charge is 2.10. The van der Waals surface area contributed by atoms with Crippen LogP contribution in [0.1, 0.15) is 18.1 Å². The van der Waals surface area contributed by atoms with Crippen molar-refractivity contribution in [2.24, 2.45) is 0 Å². The highest BCUT2D eigenvalue weighted by atomic mass is 35.5. The van der Waals surface area contributed by atoms with Crippen molar-refractivity contribution >= 4 is 33.0 Å². The molecule has 1 nitrogen and oxygen atoms in total. The molecule has 0 aliphatic heterocycles. The summed E-state index contributed by atoms with van der Waals surface area (Å²) in [7, 11) is 0. The van der Waals surface area contributed by atoms with E-state index in [-0.39, 0.29) is 0 Å². The van der Waals surface area contributed by atoms with Crippen LogP contribution in [0.3, 0.4) is 0 Å². The predicted octanol–water partition coefficient (Wildman–Crippen LogP) is 3.91. The first kappa shape index (κ1) is 9.81. The van der Waals surface area contributed by atoms with Gasteiger partial charge >= 0.3 is 0 Å². The number of fused-ring (bicyclic) bond motifs is 1. The molecule has 0 spiro atoms. The molecular formula is C11H11ClOS. The lowest BCUT2D eigenvalue weighted by Gasteiger charge is -2.06. The minimum absolute atomic E-state index is 0.383. The lowest BCUT2D eigenvalue weighted by Crippen LogP contribution is -1.89. The van der Waals surface area contributed by atoms with Gasteiger partial charge in [-0.3, -0.25) is 0 Å². The summed E-state index contributed by atoms with van der Waals surface area (Å²) >= 11 is 7.42. The van der Waals surface area contributed by atoms with Gasteiger partial charge in [-0.1, -0.05) is 13.0 Å². The normalized spacial score (nSPS) is 11.0. The first-order chi connectivity index (χ1) is 6.77. The monoisotopic (exact) mass is 226 g/mol. The second kappa shape index (κ2) is 3.79. The number of benzene rings is 1. The van der Waals surface area contributed by atoms with Crippen LogP contribution in [0.5, 0.6) is 5.75 Å². The number of aryl methyl sites for hydroxylation is 1. The average molecular weight is 227 g/mol. The summed E-state index contributed by atoms with van der Waals surface area (Å²) in [4.78, 5) is 0. The maximum Gasteiger partial charge on any atom is 0.134 e. The number of hydrogen-bond acceptors (Lipinski definition) is 2. The number of rotatable bonds is 2. The van der Waals surface area contributed by atoms with Crippen LogP contribution in [-0.4, -0.2) is 5.11 Å². The molecule has 14 heavy (non-hydrogen) atoms. The van der Waals surface area contributed by atoms with E-state index in [0.29, 0.717) is 11.6 Å². The highest BCUT2D eigenvalue weighted by molar-refractivity contribution is 7.17. The van der Waals surface area contributed by atoms with Gasteiger partial charge in [-0.25, -0.2) is 0 Å². The molecule has 0 unspecified atom stereocenters. The van der Waals surface area contributed by atoms with Gasteiger partial charge in [0.15, 0.2) is 0 Å². The zero-order valence-corrected chi connectivity index (χ0v) is 9.45. The fourth-order valence-electron chi connectivity index (χ4n) is 1.76. The maximum absolute atomic E-state index is 9.71. The molecule has 0 aliphatic carbocycles. The molecule has 0 aliphatic rings. The third-order valence-electron chi connectivity index (χ3n) is 2.42. The van der Waals surface area contributed by atoms with Crippen molar-refractivity contribution < 1.29 is 5.11 Å². The summed E-state index contributed by atoms with van der Waals surface area (Å²) in [6, 6.07) is 4.07. The summed E-state index contributed by atoms with van der Waals surface area (Å²) in [5.74, 6) is 0.891. The fourth-order valence-corrected chi connectivity index (χ4v) is 2.85. The van der Waals surface area contributed by atoms with Crippen molar-refractivity contribution in [1.82, 2.24) is 0 Å². The molecule has 1 aromatic carbocycles. The Morgan fingerprint density at radius 2 is 2.21 bits per heavy atom. The van der Waals surface area contributed by atoms with Gasteiger partial charge in [0, 0.05) is 21.3 Å². The first-order valence-corrected chi connectivity index (χ1v) is 5.96. The molecule has 0 atom stereocenters. The molecule has 74 valence electrons. The van der Waals surface area contributed by atoms with Gasteiger partial charge in [-0.05, 0) is 23.6 Å². The standard InChI is InChI=1S/C11H11ClOS/c1-2-8-7(5-12)3-4-10-11(8)9(13)6-14-10/h3-4,6,13H,2,5H2,1H3. The van der Waals surface area contributed by atoms with Crippen LogP contribution in [0.25, 0.3) is 10.1 Å². The number of halogens is 1. The molecule has 1 heterocycles. The highest BCUT2D eigenvalue weighted by Crippen LogP contribution is 2.36. The largest absolute Gasteiger partial charge is 0.506 e. The molecule has 0 radical (unpaired) electrons. The number of alkyl halides is 1. The summed E-state index contributed by atoms with van der Waals surface area (Å²) in [6.45, 7) is 2.09. The summed E-state index contributed by atoms with van der Waals surface area (Å²) in [5.41, 5.74) is 2.30. The van der Waals surface area contributed by atoms with E-state index in [2.05, 4.69) is 6.92 Å². The number of hydrogen-bond donors (Lipinski definition) is 1. The Kier molecular flexibility index (Phi) is 2.66. The zero-order valence-electron chi connectivity index (χ0n) is 7.88. The predicted molar refractivity (Wildman–Crippen MR) is 62.4 cm³/mol. The van der Waals surface area contributed by atoms with E-state index in [1.54, 1.807) is 16.7 Å². The van der Waals surface area contributed by atoms with Crippen LogP contribution in [-0.2, 0) is 12.3 Å². The van der Waals surface area contributed by atoms with E-state index in [1.165, 1.54) is 5.56 Å². The van der Waals surface area contributed by atoms with Gasteiger partial charge in [-0.2, -0.15) is 0 Å². The van der Waals surface area contributed by atoms with Crippen molar-refractivity contribution in [3.8, 4) is 5.75 Å². The van der Waals surface area contributed by atoms with Gasteiger partial charge < -0.3 is 5.11 Å². The molecule has 2 aromatic rings. The number of aromatic hydroxyl groups is 1. The van der Waals surface area contributed by atoms with Crippen LogP contribution in [0.2, 0.25) is 0 Å². The molecule has 1 N–H and O–H groups in total. The van der Waals surface area contributed by atoms with Crippen molar-refractivity contribution in [3.63, 3.8) is 0 Å². The molecule has 0 saturated carbocycles. The molecule has 0 bridgehead atoms. The van der Waals surface area contributed by atoms with Crippen LogP contribution in [0.4, 0.5) is 0 Å². The van der Waals surface area contributed by atoms with Crippen LogP contribution in [0, 0.1) is 0 Å². The lowest BCUT2D eigenvalue weighted by atomic mass is 10.0. The number of thiophene rings is 1. The van der Waals surface area contributed by atoms with Crippen molar-refractivity contribution in [2.45, 2.75) is 19.2 Å². The lowest BCUT2D eigenvalue weighted by molar-refractivity contribution is 0.483. The summed E-state index contributed by atoms with van der Waals surface area (Å²) in [5, 5.41) is 12.5. The SMILES string of the molecule is CCc1c(CCl)ccc2scc(O)c12. The Bertz CT molecular complexity index is 462. The Labute approximate surface area is 91.9 Å². The van der Waals surface area contributed by atoms with Crippen LogP contribution in [0.15, 0.2) is 17.5 Å². The van der Waals surface area contributed by atoms with E-state index in [9.17, 15) is 5.11 Å². The van der Waals surface area contributed by atoms with E-state index < -0.39 is 0 Å². The summed E-state index contributed by atoms with van der Waals surface area (Å²) < 4.78 is 1.13.